The van der Waals surface area contributed by atoms with Gasteiger partial charge in [-0.1, -0.05) is 6.92 Å². The Labute approximate surface area is 224 Å². The molecule has 1 saturated heterocycles. The first-order valence-electron chi connectivity index (χ1n) is 12.6. The Bertz CT molecular complexity index is 1030. The van der Waals surface area contributed by atoms with Crippen molar-refractivity contribution in [3.8, 4) is 6.07 Å². The Balaban J connectivity index is 2.33. The fraction of sp³-hybridized carbons (Fsp3) is 0.750. The molecule has 1 aromatic rings. The standard InChI is InChI=1S/C24H38N5O8P/c1-7-19-21(37-38(35-14-11-26-6)29(17(2)3)18(4)5)22(34-16-33-15-32-13-8-10-25)23(36-19)28-12-9-20(30)27-24(28)31/h9,12,17-19,21-23H,7-8,11,13-16H2,1-5H3,(H,27,30,31)/t19-,21+,22?,23-,38?/m1/s1. The van der Waals surface area contributed by atoms with Gasteiger partial charge in [-0.05, 0) is 34.1 Å². The zero-order valence-corrected chi connectivity index (χ0v) is 23.5. The van der Waals surface area contributed by atoms with E-state index < -0.39 is 44.3 Å². The van der Waals surface area contributed by atoms with Gasteiger partial charge < -0.3 is 32.8 Å². The van der Waals surface area contributed by atoms with E-state index in [1.165, 1.54) is 16.8 Å². The molecule has 0 bridgehead atoms. The lowest BCUT2D eigenvalue weighted by Gasteiger charge is -2.38. The number of nitriles is 1. The summed E-state index contributed by atoms with van der Waals surface area (Å²) in [5.74, 6) is 0. The molecular formula is C24H38N5O8P. The number of rotatable bonds is 17. The molecule has 0 radical (unpaired) electrons. The molecule has 2 unspecified atom stereocenters. The lowest BCUT2D eigenvalue weighted by molar-refractivity contribution is -0.174. The highest BCUT2D eigenvalue weighted by Crippen LogP contribution is 2.50. The third-order valence-corrected chi connectivity index (χ3v) is 7.67. The van der Waals surface area contributed by atoms with Crippen LogP contribution in [0.3, 0.4) is 0 Å². The van der Waals surface area contributed by atoms with Crippen LogP contribution in [0, 0.1) is 17.9 Å². The summed E-state index contributed by atoms with van der Waals surface area (Å²) in [6.45, 7) is 17.5. The molecule has 0 aliphatic carbocycles. The summed E-state index contributed by atoms with van der Waals surface area (Å²) in [4.78, 5) is 29.9. The second kappa shape index (κ2) is 16.7. The van der Waals surface area contributed by atoms with Crippen LogP contribution in [-0.4, -0.2) is 78.0 Å². The fourth-order valence-corrected chi connectivity index (χ4v) is 5.74. The number of aromatic amines is 1. The predicted molar refractivity (Wildman–Crippen MR) is 139 cm³/mol. The van der Waals surface area contributed by atoms with Gasteiger partial charge in [-0.2, -0.15) is 5.26 Å². The van der Waals surface area contributed by atoms with Crippen LogP contribution in [0.4, 0.5) is 0 Å². The van der Waals surface area contributed by atoms with Gasteiger partial charge in [-0.25, -0.2) is 16.0 Å². The van der Waals surface area contributed by atoms with Gasteiger partial charge in [0.1, 0.15) is 32.4 Å². The predicted octanol–water partition coefficient (Wildman–Crippen LogP) is 2.76. The van der Waals surface area contributed by atoms with Crippen molar-refractivity contribution >= 4 is 8.53 Å². The number of aromatic nitrogens is 2. The van der Waals surface area contributed by atoms with Crippen molar-refractivity contribution in [1.29, 1.82) is 5.26 Å². The molecule has 38 heavy (non-hydrogen) atoms. The van der Waals surface area contributed by atoms with Crippen molar-refractivity contribution in [2.24, 2.45) is 0 Å². The van der Waals surface area contributed by atoms with Crippen LogP contribution in [0.25, 0.3) is 4.85 Å². The van der Waals surface area contributed by atoms with E-state index in [9.17, 15) is 9.59 Å². The molecule has 1 aliphatic heterocycles. The van der Waals surface area contributed by atoms with Gasteiger partial charge in [0.25, 0.3) is 14.1 Å². The van der Waals surface area contributed by atoms with Gasteiger partial charge in [0, 0.05) is 24.3 Å². The molecule has 0 spiro atoms. The summed E-state index contributed by atoms with van der Waals surface area (Å²) >= 11 is 0. The summed E-state index contributed by atoms with van der Waals surface area (Å²) in [7, 11) is -1.63. The molecule has 13 nitrogen and oxygen atoms in total. The number of hydrogen-bond acceptors (Lipinski definition) is 10. The van der Waals surface area contributed by atoms with Crippen LogP contribution in [0.2, 0.25) is 0 Å². The Kier molecular flexibility index (Phi) is 14.1. The quantitative estimate of drug-likeness (QED) is 0.132. The molecule has 1 aliphatic rings. The average Bonchev–Trinajstić information content (AvgIpc) is 3.20. The molecule has 14 heteroatoms. The summed E-state index contributed by atoms with van der Waals surface area (Å²) < 4.78 is 39.0. The normalized spacial score (nSPS) is 22.2. The maximum atomic E-state index is 12.6. The van der Waals surface area contributed by atoms with E-state index in [0.29, 0.717) is 6.42 Å². The molecular weight excluding hydrogens is 517 g/mol. The molecule has 0 aromatic carbocycles. The van der Waals surface area contributed by atoms with Crippen LogP contribution in [0.5, 0.6) is 0 Å². The van der Waals surface area contributed by atoms with Crippen LogP contribution in [0.1, 0.15) is 53.7 Å². The van der Waals surface area contributed by atoms with Crippen LogP contribution < -0.4 is 11.2 Å². The first-order chi connectivity index (χ1) is 18.2. The Morgan fingerprint density at radius 3 is 2.55 bits per heavy atom. The third-order valence-electron chi connectivity index (χ3n) is 5.55. The van der Waals surface area contributed by atoms with Crippen molar-refractivity contribution in [3.63, 3.8) is 0 Å². The van der Waals surface area contributed by atoms with Crippen LogP contribution >= 0.6 is 8.53 Å². The molecule has 1 aromatic heterocycles. The van der Waals surface area contributed by atoms with Crippen molar-refractivity contribution in [2.75, 3.05) is 33.3 Å². The highest BCUT2D eigenvalue weighted by atomic mass is 31.2. The lowest BCUT2D eigenvalue weighted by atomic mass is 10.1. The van der Waals surface area contributed by atoms with E-state index in [4.69, 9.17) is 39.8 Å². The molecule has 5 atom stereocenters. The average molecular weight is 556 g/mol. The maximum absolute atomic E-state index is 12.6. The van der Waals surface area contributed by atoms with Gasteiger partial charge in [0.2, 0.25) is 6.54 Å². The van der Waals surface area contributed by atoms with Gasteiger partial charge >= 0.3 is 5.69 Å². The van der Waals surface area contributed by atoms with Crippen molar-refractivity contribution in [2.45, 2.75) is 84.1 Å². The monoisotopic (exact) mass is 555 g/mol. The first kappa shape index (κ1) is 32.0. The largest absolute Gasteiger partial charge is 0.354 e. The van der Waals surface area contributed by atoms with Crippen molar-refractivity contribution in [1.82, 2.24) is 14.2 Å². The summed E-state index contributed by atoms with van der Waals surface area (Å²) in [6.07, 6.45) is -0.705. The number of H-pyrrole nitrogens is 1. The summed E-state index contributed by atoms with van der Waals surface area (Å²) in [5, 5.41) is 8.61. The van der Waals surface area contributed by atoms with E-state index in [2.05, 4.69) is 14.5 Å². The van der Waals surface area contributed by atoms with E-state index in [1.807, 2.05) is 40.7 Å². The second-order valence-corrected chi connectivity index (χ2v) is 10.4. The third kappa shape index (κ3) is 9.23. The molecule has 2 rings (SSSR count). The minimum atomic E-state index is -1.63. The highest BCUT2D eigenvalue weighted by molar-refractivity contribution is 7.44. The van der Waals surface area contributed by atoms with Gasteiger partial charge in [0.15, 0.2) is 6.23 Å². The summed E-state index contributed by atoms with van der Waals surface area (Å²) in [6, 6.07) is 3.39. The van der Waals surface area contributed by atoms with Crippen molar-refractivity contribution in [3.05, 3.63) is 44.5 Å². The van der Waals surface area contributed by atoms with E-state index in [1.54, 1.807) is 0 Å². The molecule has 212 valence electrons. The zero-order chi connectivity index (χ0) is 28.1. The van der Waals surface area contributed by atoms with Gasteiger partial charge in [-0.15, -0.1) is 0 Å². The van der Waals surface area contributed by atoms with Crippen molar-refractivity contribution < 1.29 is 28.0 Å². The minimum Gasteiger partial charge on any atom is -0.354 e. The number of hydrogen-bond donors (Lipinski definition) is 1. The maximum Gasteiger partial charge on any atom is 0.330 e. The molecule has 0 saturated carbocycles. The fourth-order valence-electron chi connectivity index (χ4n) is 3.98. The molecule has 0 amide bonds. The Hall–Kier alpha value is -2.19. The van der Waals surface area contributed by atoms with E-state index >= 15 is 0 Å². The number of ether oxygens (including phenoxy) is 4. The molecule has 2 heterocycles. The van der Waals surface area contributed by atoms with Crippen LogP contribution in [-0.2, 0) is 28.0 Å². The second-order valence-electron chi connectivity index (χ2n) is 8.97. The first-order valence-corrected chi connectivity index (χ1v) is 13.7. The topological polar surface area (TPSA) is 142 Å². The van der Waals surface area contributed by atoms with Gasteiger partial charge in [0.05, 0.1) is 25.2 Å². The number of nitrogens with zero attached hydrogens (tertiary/aromatic N) is 4. The summed E-state index contributed by atoms with van der Waals surface area (Å²) in [5.41, 5.74) is -1.17. The van der Waals surface area contributed by atoms with E-state index in [-0.39, 0.29) is 51.8 Å². The minimum absolute atomic E-state index is 0.0812. The zero-order valence-electron chi connectivity index (χ0n) is 22.6. The van der Waals surface area contributed by atoms with Crippen LogP contribution in [0.15, 0.2) is 21.9 Å². The Morgan fingerprint density at radius 1 is 1.21 bits per heavy atom. The highest BCUT2D eigenvalue weighted by Gasteiger charge is 2.49. The van der Waals surface area contributed by atoms with Gasteiger partial charge in [-0.3, -0.25) is 14.3 Å². The smallest absolute Gasteiger partial charge is 0.330 e. The number of nitrogens with one attached hydrogen (secondary N) is 1. The lowest BCUT2D eigenvalue weighted by Crippen LogP contribution is -2.42. The Morgan fingerprint density at radius 2 is 1.95 bits per heavy atom. The SMILES string of the molecule is [C-]#[N+]CCOP(O[C@@H]1C(OCOCOCCC#N)[C@H](n2ccc(=O)[nH]c2=O)O[C@@H]1CC)N(C(C)C)C(C)C. The molecule has 1 N–H and O–H groups in total. The molecule has 1 fully saturated rings. The van der Waals surface area contributed by atoms with E-state index in [0.717, 1.165) is 0 Å².